The van der Waals surface area contributed by atoms with Crippen LogP contribution < -0.4 is 10.2 Å². The molecule has 8 heteroatoms. The van der Waals surface area contributed by atoms with Crippen molar-refractivity contribution >= 4 is 33.8 Å². The Hall–Kier alpha value is -1.67. The van der Waals surface area contributed by atoms with Crippen LogP contribution in [-0.4, -0.2) is 21.0 Å². The molecule has 0 aliphatic heterocycles. The van der Waals surface area contributed by atoms with Crippen LogP contribution in [0.3, 0.4) is 0 Å². The number of aryl methyl sites for hydroxylation is 1. The number of anilines is 1. The van der Waals surface area contributed by atoms with Crippen LogP contribution in [0.1, 0.15) is 21.1 Å². The smallest absolute Gasteiger partial charge is 0.355 e. The highest BCUT2D eigenvalue weighted by Crippen LogP contribution is 2.22. The van der Waals surface area contributed by atoms with Gasteiger partial charge in [-0.2, -0.15) is 0 Å². The number of aromatic amines is 1. The molecule has 0 aliphatic carbocycles. The minimum absolute atomic E-state index is 0.0660. The van der Waals surface area contributed by atoms with Gasteiger partial charge in [-0.25, -0.2) is 9.78 Å². The second-order valence-corrected chi connectivity index (χ2v) is 5.30. The first-order valence-corrected chi connectivity index (χ1v) is 6.37. The molecule has 2 aromatic heterocycles. The first-order valence-electron chi connectivity index (χ1n) is 4.67. The van der Waals surface area contributed by atoms with Crippen molar-refractivity contribution < 1.29 is 9.90 Å². The quantitative estimate of drug-likeness (QED) is 0.783. The lowest BCUT2D eigenvalue weighted by Gasteiger charge is -1.98. The summed E-state index contributed by atoms with van der Waals surface area (Å²) in [6.07, 6.45) is 0. The van der Waals surface area contributed by atoms with Crippen LogP contribution in [0.2, 0.25) is 0 Å². The molecule has 0 aliphatic rings. The third-order valence-electron chi connectivity index (χ3n) is 2.00. The van der Waals surface area contributed by atoms with Crippen molar-refractivity contribution in [3.05, 3.63) is 31.3 Å². The molecule has 6 nitrogen and oxygen atoms in total. The fourth-order valence-corrected chi connectivity index (χ4v) is 2.62. The Morgan fingerprint density at radius 2 is 2.41 bits per heavy atom. The highest BCUT2D eigenvalue weighted by molar-refractivity contribution is 7.15. The minimum atomic E-state index is -1.03. The van der Waals surface area contributed by atoms with Gasteiger partial charge in [-0.1, -0.05) is 11.3 Å². The number of rotatable bonds is 4. The van der Waals surface area contributed by atoms with E-state index in [2.05, 4.69) is 15.3 Å². The van der Waals surface area contributed by atoms with E-state index in [-0.39, 0.29) is 10.6 Å². The molecule has 0 bridgehead atoms. The summed E-state index contributed by atoms with van der Waals surface area (Å²) in [5.41, 5.74) is 0.820. The zero-order valence-corrected chi connectivity index (χ0v) is 10.4. The molecule has 0 fully saturated rings. The van der Waals surface area contributed by atoms with Gasteiger partial charge in [0, 0.05) is 16.0 Å². The summed E-state index contributed by atoms with van der Waals surface area (Å²) in [5, 5.41) is 14.1. The van der Waals surface area contributed by atoms with E-state index in [1.54, 1.807) is 12.3 Å². The summed E-state index contributed by atoms with van der Waals surface area (Å²) >= 11 is 2.37. The molecule has 0 amide bonds. The Labute approximate surface area is 104 Å². The second kappa shape index (κ2) is 4.68. The van der Waals surface area contributed by atoms with E-state index in [0.717, 1.165) is 17.0 Å². The van der Waals surface area contributed by atoms with Gasteiger partial charge >= 0.3 is 10.8 Å². The lowest BCUT2D eigenvalue weighted by Crippen LogP contribution is -2.03. The highest BCUT2D eigenvalue weighted by atomic mass is 32.1. The van der Waals surface area contributed by atoms with Gasteiger partial charge in [0.05, 0.1) is 6.54 Å². The first kappa shape index (κ1) is 11.8. The van der Waals surface area contributed by atoms with E-state index in [1.165, 1.54) is 11.3 Å². The predicted octanol–water partition coefficient (Wildman–Crippen LogP) is 1.51. The number of aromatic carboxylic acids is 1. The second-order valence-electron chi connectivity index (χ2n) is 3.26. The number of hydrogen-bond acceptors (Lipinski definition) is 6. The molecule has 2 rings (SSSR count). The lowest BCUT2D eigenvalue weighted by atomic mass is 10.4. The largest absolute Gasteiger partial charge is 0.476 e. The monoisotopic (exact) mass is 271 g/mol. The topological polar surface area (TPSA) is 95.1 Å². The number of carboxylic acids is 1. The van der Waals surface area contributed by atoms with E-state index < -0.39 is 5.97 Å². The minimum Gasteiger partial charge on any atom is -0.476 e. The van der Waals surface area contributed by atoms with Crippen molar-refractivity contribution in [3.63, 3.8) is 0 Å². The van der Waals surface area contributed by atoms with Gasteiger partial charge in [-0.05, 0) is 6.92 Å². The van der Waals surface area contributed by atoms with E-state index in [0.29, 0.717) is 16.6 Å². The molecule has 3 N–H and O–H groups in total. The van der Waals surface area contributed by atoms with E-state index in [1.807, 2.05) is 0 Å². The molecule has 17 heavy (non-hydrogen) atoms. The van der Waals surface area contributed by atoms with Gasteiger partial charge in [0.2, 0.25) is 0 Å². The Balaban J connectivity index is 2.07. The van der Waals surface area contributed by atoms with E-state index in [9.17, 15) is 9.59 Å². The van der Waals surface area contributed by atoms with Crippen LogP contribution in [0.5, 0.6) is 0 Å². The molecule has 0 aromatic carbocycles. The molecule has 90 valence electrons. The third-order valence-corrected chi connectivity index (χ3v) is 3.65. The first-order chi connectivity index (χ1) is 8.06. The molecule has 2 aromatic rings. The maximum atomic E-state index is 10.9. The molecule has 0 spiro atoms. The van der Waals surface area contributed by atoms with Crippen molar-refractivity contribution in [1.29, 1.82) is 0 Å². The number of H-pyrrole nitrogens is 1. The molecule has 0 saturated heterocycles. The average molecular weight is 271 g/mol. The van der Waals surface area contributed by atoms with Gasteiger partial charge in [-0.15, -0.1) is 11.3 Å². The summed E-state index contributed by atoms with van der Waals surface area (Å²) in [4.78, 5) is 28.8. The zero-order valence-electron chi connectivity index (χ0n) is 8.81. The van der Waals surface area contributed by atoms with E-state index >= 15 is 0 Å². The Kier molecular flexibility index (Phi) is 3.25. The Morgan fingerprint density at radius 3 is 2.94 bits per heavy atom. The van der Waals surface area contributed by atoms with Crippen molar-refractivity contribution in [3.8, 4) is 0 Å². The van der Waals surface area contributed by atoms with Crippen LogP contribution in [0.15, 0.2) is 10.2 Å². The molecule has 0 atom stereocenters. The van der Waals surface area contributed by atoms with Gasteiger partial charge in [0.1, 0.15) is 0 Å². The maximum absolute atomic E-state index is 10.9. The zero-order chi connectivity index (χ0) is 12.4. The van der Waals surface area contributed by atoms with Gasteiger partial charge in [0.15, 0.2) is 10.8 Å². The van der Waals surface area contributed by atoms with Crippen molar-refractivity contribution in [2.75, 3.05) is 5.32 Å². The number of aromatic nitrogens is 2. The number of nitrogens with zero attached hydrogens (tertiary/aromatic N) is 1. The number of nitrogens with one attached hydrogen (secondary N) is 2. The van der Waals surface area contributed by atoms with Crippen LogP contribution in [-0.2, 0) is 6.54 Å². The summed E-state index contributed by atoms with van der Waals surface area (Å²) in [6.45, 7) is 2.13. The number of carboxylic acid groups (broad SMARTS) is 1. The third kappa shape index (κ3) is 2.71. The summed E-state index contributed by atoms with van der Waals surface area (Å²) in [5.74, 6) is -1.03. The van der Waals surface area contributed by atoms with Crippen LogP contribution in [0, 0.1) is 6.92 Å². The Morgan fingerprint density at radius 1 is 1.65 bits per heavy atom. The van der Waals surface area contributed by atoms with Gasteiger partial charge < -0.3 is 15.4 Å². The number of carbonyl (C=O) groups is 1. The molecule has 2 heterocycles. The van der Waals surface area contributed by atoms with Crippen molar-refractivity contribution in [2.45, 2.75) is 13.5 Å². The maximum Gasteiger partial charge on any atom is 0.355 e. The molecular formula is C9H9N3O3S2. The van der Waals surface area contributed by atoms with Crippen LogP contribution in [0.4, 0.5) is 5.13 Å². The van der Waals surface area contributed by atoms with Crippen LogP contribution in [0.25, 0.3) is 0 Å². The van der Waals surface area contributed by atoms with Crippen LogP contribution >= 0.6 is 22.7 Å². The fourth-order valence-electron chi connectivity index (χ4n) is 1.24. The van der Waals surface area contributed by atoms with Gasteiger partial charge in [-0.3, -0.25) is 4.79 Å². The van der Waals surface area contributed by atoms with E-state index in [4.69, 9.17) is 5.11 Å². The van der Waals surface area contributed by atoms with Crippen molar-refractivity contribution in [2.24, 2.45) is 0 Å². The lowest BCUT2D eigenvalue weighted by molar-refractivity contribution is 0.0690. The highest BCUT2D eigenvalue weighted by Gasteiger charge is 2.13. The number of thiazole rings is 2. The summed E-state index contributed by atoms with van der Waals surface area (Å²) in [7, 11) is 0. The van der Waals surface area contributed by atoms with Gasteiger partial charge in [0.25, 0.3) is 0 Å². The predicted molar refractivity (Wildman–Crippen MR) is 66.1 cm³/mol. The molecule has 0 radical (unpaired) electrons. The molecule has 0 saturated carbocycles. The summed E-state index contributed by atoms with van der Waals surface area (Å²) in [6, 6.07) is 0. The average Bonchev–Trinajstić information content (AvgIpc) is 2.82. The molecule has 0 unspecified atom stereocenters. The normalized spacial score (nSPS) is 10.4. The summed E-state index contributed by atoms with van der Waals surface area (Å²) < 4.78 is 0. The number of hydrogen-bond donors (Lipinski definition) is 3. The SMILES string of the molecule is Cc1sc(NCc2csc(=O)[nH]2)nc1C(=O)O. The molecular weight excluding hydrogens is 262 g/mol. The Bertz CT molecular complexity index is 599. The standard InChI is InChI=1S/C9H9N3O3S2/c1-4-6(7(13)14)12-8(17-4)10-2-5-3-16-9(15)11-5/h3H,2H2,1H3,(H,10,12)(H,11,15)(H,13,14). The van der Waals surface area contributed by atoms with Crippen molar-refractivity contribution in [1.82, 2.24) is 9.97 Å². The fraction of sp³-hybridized carbons (Fsp3) is 0.222.